The van der Waals surface area contributed by atoms with Crippen molar-refractivity contribution in [2.24, 2.45) is 5.41 Å². The van der Waals surface area contributed by atoms with Gasteiger partial charge < -0.3 is 10.1 Å². The van der Waals surface area contributed by atoms with Crippen molar-refractivity contribution >= 4 is 15.9 Å². The molecule has 19 heavy (non-hydrogen) atoms. The van der Waals surface area contributed by atoms with Crippen molar-refractivity contribution in [3.63, 3.8) is 0 Å². The van der Waals surface area contributed by atoms with Gasteiger partial charge in [0, 0.05) is 23.0 Å². The number of nitrogens with one attached hydrogen (secondary N) is 1. The van der Waals surface area contributed by atoms with Crippen molar-refractivity contribution in [2.45, 2.75) is 26.2 Å². The van der Waals surface area contributed by atoms with Gasteiger partial charge in [-0.25, -0.2) is 4.39 Å². The van der Waals surface area contributed by atoms with Gasteiger partial charge in [0.25, 0.3) is 0 Å². The lowest BCUT2D eigenvalue weighted by Crippen LogP contribution is -2.42. The summed E-state index contributed by atoms with van der Waals surface area (Å²) in [5.74, 6) is -0.181. The molecule has 0 bridgehead atoms. The van der Waals surface area contributed by atoms with Crippen LogP contribution in [0, 0.1) is 11.2 Å². The first-order chi connectivity index (χ1) is 9.13. The van der Waals surface area contributed by atoms with Crippen molar-refractivity contribution in [3.8, 4) is 0 Å². The Hall–Kier alpha value is -0.450. The molecule has 1 heterocycles. The first-order valence-electron chi connectivity index (χ1n) is 6.87. The minimum atomic E-state index is -0.181. The summed E-state index contributed by atoms with van der Waals surface area (Å²) in [6.45, 7) is 5.59. The van der Waals surface area contributed by atoms with Crippen LogP contribution < -0.4 is 5.32 Å². The van der Waals surface area contributed by atoms with Gasteiger partial charge in [-0.05, 0) is 49.6 Å². The number of ether oxygens (including phenoxy) is 1. The molecule has 2 nitrogen and oxygen atoms in total. The second-order valence-electron chi connectivity index (χ2n) is 5.39. The predicted molar refractivity (Wildman–Crippen MR) is 78.8 cm³/mol. The fraction of sp³-hybridized carbons (Fsp3) is 0.600. The quantitative estimate of drug-likeness (QED) is 0.892. The maximum atomic E-state index is 13.5. The largest absolute Gasteiger partial charge is 0.381 e. The first-order valence-corrected chi connectivity index (χ1v) is 7.66. The molecule has 4 heteroatoms. The monoisotopic (exact) mass is 329 g/mol. The van der Waals surface area contributed by atoms with Gasteiger partial charge in [0.2, 0.25) is 0 Å². The van der Waals surface area contributed by atoms with Gasteiger partial charge in [0.05, 0.1) is 6.61 Å². The molecule has 1 atom stereocenters. The Kier molecular flexibility index (Phi) is 5.37. The summed E-state index contributed by atoms with van der Waals surface area (Å²) in [5.41, 5.74) is 1.14. The van der Waals surface area contributed by atoms with E-state index in [1.165, 1.54) is 6.07 Å². The summed E-state index contributed by atoms with van der Waals surface area (Å²) in [6.07, 6.45) is 3.08. The molecular weight excluding hydrogens is 309 g/mol. The van der Waals surface area contributed by atoms with Gasteiger partial charge in [0.15, 0.2) is 0 Å². The molecule has 0 aliphatic carbocycles. The third-order valence-electron chi connectivity index (χ3n) is 3.66. The van der Waals surface area contributed by atoms with Crippen molar-refractivity contribution in [1.29, 1.82) is 0 Å². The van der Waals surface area contributed by atoms with Gasteiger partial charge in [-0.2, -0.15) is 0 Å². The molecule has 1 aliphatic heterocycles. The lowest BCUT2D eigenvalue weighted by atomic mass is 9.77. The summed E-state index contributed by atoms with van der Waals surface area (Å²) in [7, 11) is 0. The maximum Gasteiger partial charge on any atom is 0.124 e. The van der Waals surface area contributed by atoms with E-state index >= 15 is 0 Å². The molecule has 1 unspecified atom stereocenters. The summed E-state index contributed by atoms with van der Waals surface area (Å²) in [5, 5.41) is 3.42. The lowest BCUT2D eigenvalue weighted by Gasteiger charge is -2.37. The summed E-state index contributed by atoms with van der Waals surface area (Å²) >= 11 is 3.36. The van der Waals surface area contributed by atoms with Gasteiger partial charge in [-0.3, -0.25) is 0 Å². The molecule has 106 valence electrons. The number of benzene rings is 1. The molecule has 1 fully saturated rings. The number of halogens is 2. The Morgan fingerprint density at radius 2 is 2.26 bits per heavy atom. The molecule has 2 rings (SSSR count). The van der Waals surface area contributed by atoms with Crippen LogP contribution >= 0.6 is 15.9 Å². The van der Waals surface area contributed by atoms with E-state index < -0.39 is 0 Å². The van der Waals surface area contributed by atoms with Crippen molar-refractivity contribution < 1.29 is 9.13 Å². The highest BCUT2D eigenvalue weighted by Gasteiger charge is 2.32. The zero-order valence-electron chi connectivity index (χ0n) is 11.3. The average molecular weight is 330 g/mol. The van der Waals surface area contributed by atoms with Crippen LogP contribution in [0.1, 0.15) is 25.3 Å². The molecule has 0 spiro atoms. The van der Waals surface area contributed by atoms with Crippen LogP contribution in [-0.4, -0.2) is 26.3 Å². The fourth-order valence-corrected chi connectivity index (χ4v) is 3.30. The molecule has 1 aliphatic rings. The molecule has 0 amide bonds. The van der Waals surface area contributed by atoms with Crippen LogP contribution in [0.5, 0.6) is 0 Å². The van der Waals surface area contributed by atoms with E-state index in [4.69, 9.17) is 4.74 Å². The van der Waals surface area contributed by atoms with Gasteiger partial charge in [0.1, 0.15) is 5.82 Å². The molecule has 1 N–H and O–H groups in total. The Morgan fingerprint density at radius 3 is 2.89 bits per heavy atom. The van der Waals surface area contributed by atoms with E-state index in [0.717, 1.165) is 55.6 Å². The highest BCUT2D eigenvalue weighted by molar-refractivity contribution is 9.10. The highest BCUT2D eigenvalue weighted by atomic mass is 79.9. The molecule has 0 radical (unpaired) electrons. The van der Waals surface area contributed by atoms with E-state index in [1.54, 1.807) is 6.07 Å². The van der Waals surface area contributed by atoms with E-state index in [1.807, 2.05) is 6.07 Å². The second-order valence-corrected chi connectivity index (χ2v) is 6.31. The number of hydrogen-bond donors (Lipinski definition) is 1. The van der Waals surface area contributed by atoms with Crippen LogP contribution in [0.15, 0.2) is 22.7 Å². The molecule has 0 saturated carbocycles. The van der Waals surface area contributed by atoms with Crippen molar-refractivity contribution in [2.75, 3.05) is 26.3 Å². The third kappa shape index (κ3) is 4.26. The molecular formula is C15H21BrFNO. The fourth-order valence-electron chi connectivity index (χ4n) is 2.79. The van der Waals surface area contributed by atoms with Crippen LogP contribution in [0.3, 0.4) is 0 Å². The van der Waals surface area contributed by atoms with Gasteiger partial charge in [-0.15, -0.1) is 0 Å². The van der Waals surface area contributed by atoms with Crippen LogP contribution in [0.2, 0.25) is 0 Å². The Morgan fingerprint density at radius 1 is 1.42 bits per heavy atom. The third-order valence-corrected chi connectivity index (χ3v) is 4.11. The normalized spacial score (nSPS) is 23.5. The van der Waals surface area contributed by atoms with E-state index in [9.17, 15) is 4.39 Å². The Labute approximate surface area is 122 Å². The summed E-state index contributed by atoms with van der Waals surface area (Å²) < 4.78 is 20.0. The van der Waals surface area contributed by atoms with E-state index in [-0.39, 0.29) is 11.2 Å². The number of hydrogen-bond acceptors (Lipinski definition) is 2. The standard InChI is InChI=1S/C15H21BrFNO/c1-2-18-10-15(4-3-5-19-11-15)9-12-6-13(16)8-14(17)7-12/h6-8,18H,2-5,9-11H2,1H3. The van der Waals surface area contributed by atoms with Crippen molar-refractivity contribution in [1.82, 2.24) is 5.32 Å². The van der Waals surface area contributed by atoms with E-state index in [0.29, 0.717) is 0 Å². The minimum Gasteiger partial charge on any atom is -0.381 e. The maximum absolute atomic E-state index is 13.5. The highest BCUT2D eigenvalue weighted by Crippen LogP contribution is 2.33. The topological polar surface area (TPSA) is 21.3 Å². The molecule has 1 saturated heterocycles. The summed E-state index contributed by atoms with van der Waals surface area (Å²) in [4.78, 5) is 0. The number of rotatable bonds is 5. The Bertz CT molecular complexity index is 398. The average Bonchev–Trinajstić information content (AvgIpc) is 2.36. The van der Waals surface area contributed by atoms with Crippen molar-refractivity contribution in [3.05, 3.63) is 34.1 Å². The minimum absolute atomic E-state index is 0.0987. The molecule has 1 aromatic carbocycles. The zero-order chi connectivity index (χ0) is 13.7. The van der Waals surface area contributed by atoms with Gasteiger partial charge in [-0.1, -0.05) is 22.9 Å². The molecule has 1 aromatic rings. The summed E-state index contributed by atoms with van der Waals surface area (Å²) in [6, 6.07) is 5.14. The second kappa shape index (κ2) is 6.82. The lowest BCUT2D eigenvalue weighted by molar-refractivity contribution is -0.00694. The Balaban J connectivity index is 2.14. The smallest absolute Gasteiger partial charge is 0.124 e. The molecule has 0 aromatic heterocycles. The van der Waals surface area contributed by atoms with Crippen LogP contribution in [-0.2, 0) is 11.2 Å². The van der Waals surface area contributed by atoms with Gasteiger partial charge >= 0.3 is 0 Å². The van der Waals surface area contributed by atoms with Crippen LogP contribution in [0.4, 0.5) is 4.39 Å². The first kappa shape index (κ1) is 14.9. The SMILES string of the molecule is CCNCC1(Cc2cc(F)cc(Br)c2)CCCOC1. The predicted octanol–water partition coefficient (Wildman–Crippen LogP) is 3.54. The van der Waals surface area contributed by atoms with Crippen LogP contribution in [0.25, 0.3) is 0 Å². The zero-order valence-corrected chi connectivity index (χ0v) is 12.9. The van der Waals surface area contributed by atoms with E-state index in [2.05, 4.69) is 28.2 Å².